The number of hydrogen-bond donors (Lipinski definition) is 1. The molecule has 1 fully saturated rings. The summed E-state index contributed by atoms with van der Waals surface area (Å²) < 4.78 is 5.68. The van der Waals surface area contributed by atoms with Gasteiger partial charge in [0.2, 0.25) is 0 Å². The van der Waals surface area contributed by atoms with Gasteiger partial charge in [-0.25, -0.2) is 0 Å². The highest BCUT2D eigenvalue weighted by molar-refractivity contribution is 4.73. The largest absolute Gasteiger partial charge is 0.377 e. The highest BCUT2D eigenvalue weighted by atomic mass is 16.5. The van der Waals surface area contributed by atoms with Crippen LogP contribution in [0.1, 0.15) is 33.1 Å². The van der Waals surface area contributed by atoms with Gasteiger partial charge in [-0.1, -0.05) is 6.92 Å². The molecular weight excluding hydrogens is 188 g/mol. The second-order valence-electron chi connectivity index (χ2n) is 4.23. The molecule has 1 unspecified atom stereocenters. The highest BCUT2D eigenvalue weighted by Crippen LogP contribution is 2.13. The van der Waals surface area contributed by atoms with E-state index in [2.05, 4.69) is 24.1 Å². The van der Waals surface area contributed by atoms with E-state index in [9.17, 15) is 0 Å². The van der Waals surface area contributed by atoms with Gasteiger partial charge in [-0.2, -0.15) is 0 Å². The van der Waals surface area contributed by atoms with Crippen LogP contribution in [-0.4, -0.2) is 50.3 Å². The van der Waals surface area contributed by atoms with Gasteiger partial charge in [-0.15, -0.1) is 0 Å². The summed E-state index contributed by atoms with van der Waals surface area (Å²) in [6, 6.07) is 0. The van der Waals surface area contributed by atoms with Crippen molar-refractivity contribution in [2.75, 3.05) is 39.3 Å². The quantitative estimate of drug-likeness (QED) is 0.650. The molecule has 1 aliphatic heterocycles. The van der Waals surface area contributed by atoms with E-state index in [0.717, 1.165) is 26.2 Å². The molecule has 1 heterocycles. The van der Waals surface area contributed by atoms with E-state index in [0.29, 0.717) is 6.10 Å². The summed E-state index contributed by atoms with van der Waals surface area (Å²) in [5.74, 6) is 0. The predicted molar refractivity (Wildman–Crippen MR) is 64.2 cm³/mol. The van der Waals surface area contributed by atoms with Crippen molar-refractivity contribution in [3.05, 3.63) is 0 Å². The van der Waals surface area contributed by atoms with Gasteiger partial charge in [0.05, 0.1) is 6.10 Å². The van der Waals surface area contributed by atoms with E-state index in [4.69, 9.17) is 4.74 Å². The van der Waals surface area contributed by atoms with Crippen LogP contribution in [0.2, 0.25) is 0 Å². The third-order valence-corrected chi connectivity index (χ3v) is 2.94. The average Bonchev–Trinajstić information content (AvgIpc) is 2.26. The smallest absolute Gasteiger partial charge is 0.0702 e. The molecule has 1 N–H and O–H groups in total. The number of likely N-dealkylation sites (tertiary alicyclic amines) is 1. The van der Waals surface area contributed by atoms with E-state index in [-0.39, 0.29) is 0 Å². The van der Waals surface area contributed by atoms with E-state index < -0.39 is 0 Å². The number of hydrogen-bond acceptors (Lipinski definition) is 3. The Morgan fingerprint density at radius 1 is 1.40 bits per heavy atom. The van der Waals surface area contributed by atoms with Gasteiger partial charge >= 0.3 is 0 Å². The van der Waals surface area contributed by atoms with Crippen LogP contribution in [0.15, 0.2) is 0 Å². The van der Waals surface area contributed by atoms with Crippen LogP contribution in [0, 0.1) is 0 Å². The molecule has 0 bridgehead atoms. The minimum atomic E-state index is 0.489. The molecule has 1 aliphatic rings. The maximum atomic E-state index is 5.68. The first-order valence-electron chi connectivity index (χ1n) is 6.41. The number of nitrogens with one attached hydrogen (secondary N) is 1. The van der Waals surface area contributed by atoms with Gasteiger partial charge in [0.15, 0.2) is 0 Å². The topological polar surface area (TPSA) is 24.5 Å². The predicted octanol–water partition coefficient (Wildman–Crippen LogP) is 1.49. The molecule has 0 aromatic heterocycles. The molecule has 3 nitrogen and oxygen atoms in total. The Morgan fingerprint density at radius 3 is 3.00 bits per heavy atom. The minimum Gasteiger partial charge on any atom is -0.377 e. The fourth-order valence-corrected chi connectivity index (χ4v) is 2.19. The van der Waals surface area contributed by atoms with Crippen LogP contribution in [-0.2, 0) is 4.74 Å². The third-order valence-electron chi connectivity index (χ3n) is 2.94. The van der Waals surface area contributed by atoms with Gasteiger partial charge < -0.3 is 15.0 Å². The molecule has 0 radical (unpaired) electrons. The lowest BCUT2D eigenvalue weighted by molar-refractivity contribution is 0.00578. The minimum absolute atomic E-state index is 0.489. The summed E-state index contributed by atoms with van der Waals surface area (Å²) in [4.78, 5) is 2.54. The molecule has 0 aromatic carbocycles. The van der Waals surface area contributed by atoms with E-state index in [1.54, 1.807) is 0 Å². The van der Waals surface area contributed by atoms with Crippen molar-refractivity contribution in [2.45, 2.75) is 39.2 Å². The molecule has 1 saturated heterocycles. The van der Waals surface area contributed by atoms with Crippen molar-refractivity contribution in [3.8, 4) is 0 Å². The van der Waals surface area contributed by atoms with Crippen LogP contribution in [0.4, 0.5) is 0 Å². The zero-order chi connectivity index (χ0) is 10.9. The van der Waals surface area contributed by atoms with Gasteiger partial charge in [-0.3, -0.25) is 0 Å². The van der Waals surface area contributed by atoms with Gasteiger partial charge in [0, 0.05) is 13.2 Å². The highest BCUT2D eigenvalue weighted by Gasteiger charge is 2.18. The standard InChI is InChI=1S/C12H26N2O/c1-3-13-8-6-10-14-9-5-7-12(11-14)15-4-2/h12-13H,3-11H2,1-2H3. The number of rotatable bonds is 7. The Bertz CT molecular complexity index is 151. The van der Waals surface area contributed by atoms with Crippen molar-refractivity contribution < 1.29 is 4.74 Å². The summed E-state index contributed by atoms with van der Waals surface area (Å²) in [6.07, 6.45) is 4.29. The Kier molecular flexibility index (Phi) is 6.98. The van der Waals surface area contributed by atoms with Crippen molar-refractivity contribution in [3.63, 3.8) is 0 Å². The average molecular weight is 214 g/mol. The first-order chi connectivity index (χ1) is 7.36. The van der Waals surface area contributed by atoms with Crippen LogP contribution in [0.25, 0.3) is 0 Å². The number of piperidine rings is 1. The fourth-order valence-electron chi connectivity index (χ4n) is 2.19. The Labute approximate surface area is 94.2 Å². The van der Waals surface area contributed by atoms with Crippen LogP contribution in [0.5, 0.6) is 0 Å². The molecule has 0 amide bonds. The summed E-state index contributed by atoms with van der Waals surface area (Å²) >= 11 is 0. The second kappa shape index (κ2) is 8.08. The molecule has 15 heavy (non-hydrogen) atoms. The number of ether oxygens (including phenoxy) is 1. The monoisotopic (exact) mass is 214 g/mol. The second-order valence-corrected chi connectivity index (χ2v) is 4.23. The molecule has 0 aliphatic carbocycles. The lowest BCUT2D eigenvalue weighted by Crippen LogP contribution is -2.40. The summed E-state index contributed by atoms with van der Waals surface area (Å²) in [5, 5.41) is 3.37. The maximum Gasteiger partial charge on any atom is 0.0702 e. The molecule has 0 aromatic rings. The normalized spacial score (nSPS) is 23.2. The SMILES string of the molecule is CCNCCCN1CCCC(OCC)C1. The van der Waals surface area contributed by atoms with Crippen LogP contribution in [0.3, 0.4) is 0 Å². The van der Waals surface area contributed by atoms with Crippen molar-refractivity contribution in [2.24, 2.45) is 0 Å². The number of nitrogens with zero attached hydrogens (tertiary/aromatic N) is 1. The lowest BCUT2D eigenvalue weighted by atomic mass is 10.1. The van der Waals surface area contributed by atoms with Crippen molar-refractivity contribution in [1.29, 1.82) is 0 Å². The zero-order valence-corrected chi connectivity index (χ0v) is 10.3. The molecule has 0 spiro atoms. The molecule has 0 saturated carbocycles. The third kappa shape index (κ3) is 5.50. The molecular formula is C12H26N2O. The molecule has 3 heteroatoms. The van der Waals surface area contributed by atoms with Crippen LogP contribution >= 0.6 is 0 Å². The Morgan fingerprint density at radius 2 is 2.27 bits per heavy atom. The fraction of sp³-hybridized carbons (Fsp3) is 1.00. The molecule has 90 valence electrons. The first kappa shape index (κ1) is 12.9. The van der Waals surface area contributed by atoms with E-state index in [1.165, 1.54) is 32.4 Å². The molecule has 1 rings (SSSR count). The summed E-state index contributed by atoms with van der Waals surface area (Å²) in [5.41, 5.74) is 0. The van der Waals surface area contributed by atoms with Crippen molar-refractivity contribution in [1.82, 2.24) is 10.2 Å². The van der Waals surface area contributed by atoms with Crippen molar-refractivity contribution >= 4 is 0 Å². The van der Waals surface area contributed by atoms with Gasteiger partial charge in [0.25, 0.3) is 0 Å². The molecule has 1 atom stereocenters. The van der Waals surface area contributed by atoms with E-state index in [1.807, 2.05) is 0 Å². The zero-order valence-electron chi connectivity index (χ0n) is 10.3. The lowest BCUT2D eigenvalue weighted by Gasteiger charge is -2.32. The van der Waals surface area contributed by atoms with Gasteiger partial charge in [-0.05, 0) is 52.4 Å². The van der Waals surface area contributed by atoms with E-state index >= 15 is 0 Å². The summed E-state index contributed by atoms with van der Waals surface area (Å²) in [6.45, 7) is 11.0. The summed E-state index contributed by atoms with van der Waals surface area (Å²) in [7, 11) is 0. The first-order valence-corrected chi connectivity index (χ1v) is 6.41. The Hall–Kier alpha value is -0.120. The van der Waals surface area contributed by atoms with Crippen LogP contribution < -0.4 is 5.32 Å². The Balaban J connectivity index is 2.07. The maximum absolute atomic E-state index is 5.68. The van der Waals surface area contributed by atoms with Gasteiger partial charge in [0.1, 0.15) is 0 Å².